The van der Waals surface area contributed by atoms with Crippen LogP contribution in [0.3, 0.4) is 0 Å². The number of nitrogens with one attached hydrogen (secondary N) is 2. The van der Waals surface area contributed by atoms with E-state index in [-0.39, 0.29) is 30.4 Å². The predicted molar refractivity (Wildman–Crippen MR) is 184 cm³/mol. The van der Waals surface area contributed by atoms with Gasteiger partial charge in [0.25, 0.3) is 0 Å². The van der Waals surface area contributed by atoms with Crippen LogP contribution in [0, 0.1) is 0 Å². The summed E-state index contributed by atoms with van der Waals surface area (Å²) in [5.74, 6) is -0.699. The maximum absolute atomic E-state index is 14.4. The molecule has 0 bridgehead atoms. The van der Waals surface area contributed by atoms with E-state index in [0.717, 1.165) is 60.0 Å². The molecule has 46 heavy (non-hydrogen) atoms. The Balaban J connectivity index is 1.33. The van der Waals surface area contributed by atoms with Crippen LogP contribution in [0.2, 0.25) is 0 Å². The minimum atomic E-state index is -0.808. The van der Waals surface area contributed by atoms with E-state index in [1.165, 1.54) is 11.3 Å². The molecule has 9 nitrogen and oxygen atoms in total. The normalized spacial score (nSPS) is 19.6. The molecule has 4 unspecified atom stereocenters. The van der Waals surface area contributed by atoms with Gasteiger partial charge in [-0.15, -0.1) is 11.3 Å². The molecule has 0 aliphatic carbocycles. The molecule has 2 N–H and O–H groups in total. The van der Waals surface area contributed by atoms with Crippen LogP contribution in [-0.2, 0) is 32.0 Å². The van der Waals surface area contributed by atoms with E-state index in [0.29, 0.717) is 32.0 Å². The number of nitrogens with zero attached hydrogens (tertiary/aromatic N) is 3. The fourth-order valence-corrected chi connectivity index (χ4v) is 7.42. The van der Waals surface area contributed by atoms with Gasteiger partial charge in [-0.05, 0) is 80.0 Å². The summed E-state index contributed by atoms with van der Waals surface area (Å²) in [5, 5.41) is 10.7. The lowest BCUT2D eigenvalue weighted by Crippen LogP contribution is -2.56. The van der Waals surface area contributed by atoms with Crippen molar-refractivity contribution in [3.05, 3.63) is 70.4 Å². The molecule has 2 saturated heterocycles. The van der Waals surface area contributed by atoms with E-state index in [9.17, 15) is 14.4 Å². The Morgan fingerprint density at radius 2 is 1.83 bits per heavy atom. The van der Waals surface area contributed by atoms with Crippen LogP contribution in [-0.4, -0.2) is 111 Å². The highest BCUT2D eigenvalue weighted by molar-refractivity contribution is 7.09. The first-order valence-electron chi connectivity index (χ1n) is 16.6. The summed E-state index contributed by atoms with van der Waals surface area (Å²) in [5.41, 5.74) is 0.945. The van der Waals surface area contributed by atoms with Gasteiger partial charge < -0.3 is 30.1 Å². The number of likely N-dealkylation sites (tertiary alicyclic amines) is 1. The average molecular weight is 648 g/mol. The van der Waals surface area contributed by atoms with Gasteiger partial charge in [-0.25, -0.2) is 0 Å². The van der Waals surface area contributed by atoms with Crippen molar-refractivity contribution in [2.24, 2.45) is 0 Å². The number of likely N-dealkylation sites (N-methyl/N-ethyl adjacent to an activating group) is 2. The highest BCUT2D eigenvalue weighted by atomic mass is 32.1. The number of amides is 3. The molecule has 0 radical (unpaired) electrons. The van der Waals surface area contributed by atoms with Crippen molar-refractivity contribution in [1.29, 1.82) is 0 Å². The van der Waals surface area contributed by atoms with Gasteiger partial charge in [-0.1, -0.05) is 48.5 Å². The van der Waals surface area contributed by atoms with Gasteiger partial charge in [0.15, 0.2) is 0 Å². The first kappa shape index (κ1) is 34.0. The minimum absolute atomic E-state index is 0.103. The number of hydrogen-bond acceptors (Lipinski definition) is 7. The molecule has 0 saturated carbocycles. The Morgan fingerprint density at radius 1 is 1.00 bits per heavy atom. The lowest BCUT2D eigenvalue weighted by Gasteiger charge is -2.34. The van der Waals surface area contributed by atoms with Crippen LogP contribution >= 0.6 is 11.3 Å². The first-order chi connectivity index (χ1) is 22.3. The van der Waals surface area contributed by atoms with E-state index >= 15 is 0 Å². The van der Waals surface area contributed by atoms with E-state index in [4.69, 9.17) is 4.74 Å². The number of fused-ring (bicyclic) bond motifs is 1. The Morgan fingerprint density at radius 3 is 2.54 bits per heavy atom. The molecule has 2 fully saturated rings. The second-order valence-electron chi connectivity index (χ2n) is 12.8. The third kappa shape index (κ3) is 8.94. The molecule has 2 aromatic carbocycles. The van der Waals surface area contributed by atoms with Crippen molar-refractivity contribution in [2.45, 2.75) is 69.1 Å². The van der Waals surface area contributed by atoms with Crippen molar-refractivity contribution in [1.82, 2.24) is 25.3 Å². The number of carbonyl (C=O) groups excluding carboxylic acids is 3. The molecule has 5 rings (SSSR count). The van der Waals surface area contributed by atoms with Gasteiger partial charge in [-0.2, -0.15) is 0 Å². The SMILES string of the molecule is CN1CCCC1CCNC(=O)C(Cc1cccs1)N(C)C(=O)C(Cc1ccc2ccccc2c1)N(C)C(=O)COCC1CCCN1. The molecule has 4 atom stereocenters. The molecule has 3 heterocycles. The summed E-state index contributed by atoms with van der Waals surface area (Å²) in [6, 6.07) is 17.4. The van der Waals surface area contributed by atoms with Crippen LogP contribution in [0.15, 0.2) is 60.0 Å². The zero-order chi connectivity index (χ0) is 32.5. The van der Waals surface area contributed by atoms with E-state index < -0.39 is 12.1 Å². The summed E-state index contributed by atoms with van der Waals surface area (Å²) in [6.07, 6.45) is 6.07. The predicted octanol–water partition coefficient (Wildman–Crippen LogP) is 3.71. The quantitative estimate of drug-likeness (QED) is 0.261. The van der Waals surface area contributed by atoms with Crippen molar-refractivity contribution >= 4 is 39.8 Å². The fraction of sp³-hybridized carbons (Fsp3) is 0.528. The molecular formula is C36H49N5O4S. The molecule has 3 amide bonds. The van der Waals surface area contributed by atoms with Crippen LogP contribution < -0.4 is 10.6 Å². The van der Waals surface area contributed by atoms with E-state index in [1.54, 1.807) is 30.3 Å². The summed E-state index contributed by atoms with van der Waals surface area (Å²) < 4.78 is 5.80. The number of ether oxygens (including phenoxy) is 1. The summed E-state index contributed by atoms with van der Waals surface area (Å²) >= 11 is 1.57. The third-order valence-corrected chi connectivity index (χ3v) is 10.5. The molecule has 2 aliphatic heterocycles. The third-order valence-electron chi connectivity index (χ3n) is 9.64. The standard InChI is InChI=1S/C36H49N5O4S/c1-39-19-7-12-30(39)16-18-38-35(43)32(23-31-13-8-20-46-31)41(3)36(44)33(22-26-14-15-27-9-4-5-10-28(27)21-26)40(2)34(42)25-45-24-29-11-6-17-37-29/h4-5,8-10,13-15,20-21,29-30,32-33,37H,6-7,11-12,16-19,22-25H2,1-3H3,(H,38,43). The number of hydrogen-bond donors (Lipinski definition) is 2. The van der Waals surface area contributed by atoms with Gasteiger partial charge in [0.1, 0.15) is 18.7 Å². The Bertz CT molecular complexity index is 1440. The van der Waals surface area contributed by atoms with Gasteiger partial charge >= 0.3 is 0 Å². The highest BCUT2D eigenvalue weighted by Gasteiger charge is 2.35. The lowest BCUT2D eigenvalue weighted by atomic mass is 9.99. The van der Waals surface area contributed by atoms with Crippen LogP contribution in [0.4, 0.5) is 0 Å². The van der Waals surface area contributed by atoms with Gasteiger partial charge in [0, 0.05) is 50.4 Å². The maximum atomic E-state index is 14.4. The van der Waals surface area contributed by atoms with Gasteiger partial charge in [0.05, 0.1) is 6.61 Å². The van der Waals surface area contributed by atoms with Crippen LogP contribution in [0.1, 0.15) is 42.5 Å². The zero-order valence-corrected chi connectivity index (χ0v) is 28.3. The Hall–Kier alpha value is -3.31. The minimum Gasteiger partial charge on any atom is -0.370 e. The number of thiophene rings is 1. The molecular weight excluding hydrogens is 598 g/mol. The van der Waals surface area contributed by atoms with Crippen LogP contribution in [0.5, 0.6) is 0 Å². The summed E-state index contributed by atoms with van der Waals surface area (Å²) in [6.45, 7) is 2.97. The van der Waals surface area contributed by atoms with Crippen molar-refractivity contribution in [2.75, 3.05) is 54.0 Å². The monoisotopic (exact) mass is 647 g/mol. The smallest absolute Gasteiger partial charge is 0.249 e. The number of rotatable bonds is 15. The van der Waals surface area contributed by atoms with Gasteiger partial charge in [0.2, 0.25) is 17.7 Å². The second kappa shape index (κ2) is 16.5. The first-order valence-corrected chi connectivity index (χ1v) is 17.5. The summed E-state index contributed by atoms with van der Waals surface area (Å²) in [7, 11) is 5.50. The molecule has 3 aromatic rings. The fourth-order valence-electron chi connectivity index (χ4n) is 6.68. The van der Waals surface area contributed by atoms with Crippen molar-refractivity contribution in [3.63, 3.8) is 0 Å². The molecule has 0 spiro atoms. The molecule has 10 heteroatoms. The lowest BCUT2D eigenvalue weighted by molar-refractivity contribution is -0.149. The Labute approximate surface area is 277 Å². The van der Waals surface area contributed by atoms with Crippen LogP contribution in [0.25, 0.3) is 10.8 Å². The zero-order valence-electron chi connectivity index (χ0n) is 27.5. The second-order valence-corrected chi connectivity index (χ2v) is 13.9. The molecule has 2 aliphatic rings. The maximum Gasteiger partial charge on any atom is 0.249 e. The van der Waals surface area contributed by atoms with Crippen molar-refractivity contribution < 1.29 is 19.1 Å². The van der Waals surface area contributed by atoms with Crippen molar-refractivity contribution in [3.8, 4) is 0 Å². The van der Waals surface area contributed by atoms with E-state index in [1.807, 2.05) is 47.8 Å². The molecule has 1 aromatic heterocycles. The Kier molecular flexibility index (Phi) is 12.2. The molecule has 248 valence electrons. The highest BCUT2D eigenvalue weighted by Crippen LogP contribution is 2.21. The van der Waals surface area contributed by atoms with Gasteiger partial charge in [-0.3, -0.25) is 14.4 Å². The number of benzene rings is 2. The topological polar surface area (TPSA) is 94.2 Å². The average Bonchev–Trinajstić information content (AvgIpc) is 3.86. The number of carbonyl (C=O) groups is 3. The van der Waals surface area contributed by atoms with E-state index in [2.05, 4.69) is 34.7 Å². The summed E-state index contributed by atoms with van der Waals surface area (Å²) in [4.78, 5) is 48.1. The largest absolute Gasteiger partial charge is 0.370 e.